The molecule has 1 N–H and O–H groups in total. The van der Waals surface area contributed by atoms with Crippen LogP contribution in [0.25, 0.3) is 0 Å². The number of hydrogen-bond donors (Lipinski definition) is 1. The number of amides is 1. The van der Waals surface area contributed by atoms with Crippen LogP contribution in [0.4, 0.5) is 0 Å². The minimum absolute atomic E-state index is 0.0464. The van der Waals surface area contributed by atoms with Gasteiger partial charge in [-0.05, 0) is 40.0 Å². The highest BCUT2D eigenvalue weighted by Gasteiger charge is 2.18. The number of aliphatic hydroxyl groups is 1. The van der Waals surface area contributed by atoms with E-state index in [1.165, 1.54) is 0 Å². The van der Waals surface area contributed by atoms with Gasteiger partial charge >= 0.3 is 5.97 Å². The highest BCUT2D eigenvalue weighted by Crippen LogP contribution is 2.09. The van der Waals surface area contributed by atoms with Crippen LogP contribution in [0, 0.1) is 0 Å². The number of rotatable bonds is 8. The van der Waals surface area contributed by atoms with Gasteiger partial charge in [0.05, 0.1) is 6.42 Å². The molecule has 0 aromatic carbocycles. The van der Waals surface area contributed by atoms with Gasteiger partial charge in [-0.1, -0.05) is 0 Å². The standard InChI is InChI=1S/C14H27NO4/c1-14(2,3)19-13(18)9-8-12(17)15(4)10-6-5-7-11-16/h16H,5-11H2,1-4H3. The van der Waals surface area contributed by atoms with Gasteiger partial charge in [0.25, 0.3) is 0 Å². The van der Waals surface area contributed by atoms with Crippen molar-refractivity contribution in [1.29, 1.82) is 0 Å². The molecule has 0 spiro atoms. The summed E-state index contributed by atoms with van der Waals surface area (Å²) in [5.74, 6) is -0.385. The zero-order valence-electron chi connectivity index (χ0n) is 12.6. The molecule has 0 radical (unpaired) electrons. The molecule has 5 nitrogen and oxygen atoms in total. The normalized spacial score (nSPS) is 11.2. The molecule has 112 valence electrons. The van der Waals surface area contributed by atoms with Gasteiger partial charge in [-0.3, -0.25) is 9.59 Å². The number of nitrogens with zero attached hydrogens (tertiary/aromatic N) is 1. The Bertz CT molecular complexity index is 284. The SMILES string of the molecule is CN(CCCCCO)C(=O)CCC(=O)OC(C)(C)C. The third-order valence-electron chi connectivity index (χ3n) is 2.54. The number of hydrogen-bond acceptors (Lipinski definition) is 4. The molecular weight excluding hydrogens is 246 g/mol. The Morgan fingerprint density at radius 3 is 2.26 bits per heavy atom. The van der Waals surface area contributed by atoms with Crippen molar-refractivity contribution < 1.29 is 19.4 Å². The molecule has 19 heavy (non-hydrogen) atoms. The van der Waals surface area contributed by atoms with Gasteiger partial charge in [0.1, 0.15) is 5.60 Å². The number of aliphatic hydroxyl groups excluding tert-OH is 1. The van der Waals surface area contributed by atoms with E-state index in [9.17, 15) is 9.59 Å². The highest BCUT2D eigenvalue weighted by atomic mass is 16.6. The molecule has 0 aromatic rings. The Morgan fingerprint density at radius 1 is 1.11 bits per heavy atom. The van der Waals surface area contributed by atoms with Crippen molar-refractivity contribution in [3.63, 3.8) is 0 Å². The maximum absolute atomic E-state index is 11.7. The third kappa shape index (κ3) is 10.5. The van der Waals surface area contributed by atoms with Crippen LogP contribution in [-0.2, 0) is 14.3 Å². The molecule has 0 aliphatic rings. The summed E-state index contributed by atoms with van der Waals surface area (Å²) in [6.07, 6.45) is 2.85. The van der Waals surface area contributed by atoms with Gasteiger partial charge in [0.2, 0.25) is 5.91 Å². The van der Waals surface area contributed by atoms with Crippen LogP contribution in [0.1, 0.15) is 52.9 Å². The molecule has 1 amide bonds. The first-order valence-corrected chi connectivity index (χ1v) is 6.83. The number of unbranched alkanes of at least 4 members (excludes halogenated alkanes) is 2. The lowest BCUT2D eigenvalue weighted by atomic mass is 10.2. The first-order chi connectivity index (χ1) is 8.76. The summed E-state index contributed by atoms with van der Waals surface area (Å²) in [7, 11) is 1.73. The number of ether oxygens (including phenoxy) is 1. The maximum atomic E-state index is 11.7. The van der Waals surface area contributed by atoms with Crippen LogP contribution in [0.3, 0.4) is 0 Å². The van der Waals surface area contributed by atoms with Crippen LogP contribution in [0.15, 0.2) is 0 Å². The number of carbonyl (C=O) groups is 2. The predicted octanol–water partition coefficient (Wildman–Crippen LogP) is 1.73. The van der Waals surface area contributed by atoms with Crippen molar-refractivity contribution in [2.45, 2.75) is 58.5 Å². The van der Waals surface area contributed by atoms with E-state index in [0.717, 1.165) is 19.3 Å². The lowest BCUT2D eigenvalue weighted by Crippen LogP contribution is -2.29. The van der Waals surface area contributed by atoms with Crippen molar-refractivity contribution in [2.24, 2.45) is 0 Å². The van der Waals surface area contributed by atoms with E-state index >= 15 is 0 Å². The minimum atomic E-state index is -0.504. The second-order valence-corrected chi connectivity index (χ2v) is 5.69. The molecule has 0 unspecified atom stereocenters. The lowest BCUT2D eigenvalue weighted by molar-refractivity contribution is -0.156. The number of carbonyl (C=O) groups excluding carboxylic acids is 2. The molecule has 0 aromatic heterocycles. The average Bonchev–Trinajstić information content (AvgIpc) is 2.29. The van der Waals surface area contributed by atoms with E-state index in [4.69, 9.17) is 9.84 Å². The van der Waals surface area contributed by atoms with Crippen LogP contribution >= 0.6 is 0 Å². The van der Waals surface area contributed by atoms with Gasteiger partial charge in [-0.25, -0.2) is 0 Å². The van der Waals surface area contributed by atoms with E-state index < -0.39 is 5.60 Å². The molecule has 0 heterocycles. The van der Waals surface area contributed by atoms with Crippen molar-refractivity contribution in [3.8, 4) is 0 Å². The first-order valence-electron chi connectivity index (χ1n) is 6.83. The Kier molecular flexibility index (Phi) is 8.39. The van der Waals surface area contributed by atoms with Crippen molar-refractivity contribution in [2.75, 3.05) is 20.2 Å². The smallest absolute Gasteiger partial charge is 0.306 e. The molecule has 5 heteroatoms. The summed E-state index contributed by atoms with van der Waals surface area (Å²) < 4.78 is 5.14. The molecule has 0 aliphatic carbocycles. The lowest BCUT2D eigenvalue weighted by Gasteiger charge is -2.20. The van der Waals surface area contributed by atoms with Crippen LogP contribution in [-0.4, -0.2) is 47.7 Å². The van der Waals surface area contributed by atoms with E-state index in [1.54, 1.807) is 32.7 Å². The summed E-state index contributed by atoms with van der Waals surface area (Å²) >= 11 is 0. The van der Waals surface area contributed by atoms with Gasteiger partial charge in [-0.2, -0.15) is 0 Å². The van der Waals surface area contributed by atoms with Gasteiger partial charge in [0.15, 0.2) is 0 Å². The van der Waals surface area contributed by atoms with E-state index in [2.05, 4.69) is 0 Å². The zero-order valence-corrected chi connectivity index (χ0v) is 12.6. The summed E-state index contributed by atoms with van der Waals surface area (Å²) in [6.45, 7) is 6.27. The van der Waals surface area contributed by atoms with E-state index in [0.29, 0.717) is 6.54 Å². The van der Waals surface area contributed by atoms with Crippen LogP contribution < -0.4 is 0 Å². The molecule has 0 bridgehead atoms. The highest BCUT2D eigenvalue weighted by molar-refractivity contribution is 5.81. The fourth-order valence-electron chi connectivity index (χ4n) is 1.55. The molecular formula is C14H27NO4. The summed E-state index contributed by atoms with van der Waals surface area (Å²) in [4.78, 5) is 24.8. The molecule has 0 saturated heterocycles. The van der Waals surface area contributed by atoms with Crippen LogP contribution in [0.5, 0.6) is 0 Å². The molecule has 0 fully saturated rings. The Hall–Kier alpha value is -1.10. The van der Waals surface area contributed by atoms with Crippen molar-refractivity contribution in [1.82, 2.24) is 4.90 Å². The number of esters is 1. The van der Waals surface area contributed by atoms with E-state index in [1.807, 2.05) is 0 Å². The minimum Gasteiger partial charge on any atom is -0.460 e. The van der Waals surface area contributed by atoms with Gasteiger partial charge in [-0.15, -0.1) is 0 Å². The van der Waals surface area contributed by atoms with Gasteiger partial charge < -0.3 is 14.7 Å². The first kappa shape index (κ1) is 17.9. The Labute approximate surface area is 115 Å². The summed E-state index contributed by atoms with van der Waals surface area (Å²) in [6, 6.07) is 0. The fourth-order valence-corrected chi connectivity index (χ4v) is 1.55. The quantitative estimate of drug-likeness (QED) is 0.540. The summed E-state index contributed by atoms with van der Waals surface area (Å²) in [5.41, 5.74) is -0.504. The van der Waals surface area contributed by atoms with Crippen molar-refractivity contribution >= 4 is 11.9 Å². The van der Waals surface area contributed by atoms with Crippen molar-refractivity contribution in [3.05, 3.63) is 0 Å². The predicted molar refractivity (Wildman–Crippen MR) is 73.7 cm³/mol. The third-order valence-corrected chi connectivity index (χ3v) is 2.54. The largest absolute Gasteiger partial charge is 0.460 e. The summed E-state index contributed by atoms with van der Waals surface area (Å²) in [5, 5.41) is 8.65. The zero-order chi connectivity index (χ0) is 14.9. The second kappa shape index (κ2) is 8.91. The van der Waals surface area contributed by atoms with Gasteiger partial charge in [0, 0.05) is 26.6 Å². The average molecular weight is 273 g/mol. The Balaban J connectivity index is 3.81. The molecule has 0 aliphatic heterocycles. The molecule has 0 atom stereocenters. The van der Waals surface area contributed by atoms with E-state index in [-0.39, 0.29) is 31.3 Å². The second-order valence-electron chi connectivity index (χ2n) is 5.69. The fraction of sp³-hybridized carbons (Fsp3) is 0.857. The monoisotopic (exact) mass is 273 g/mol. The molecule has 0 rings (SSSR count). The Morgan fingerprint density at radius 2 is 1.74 bits per heavy atom. The topological polar surface area (TPSA) is 66.8 Å². The van der Waals surface area contributed by atoms with Crippen LogP contribution in [0.2, 0.25) is 0 Å². The molecule has 0 saturated carbocycles. The maximum Gasteiger partial charge on any atom is 0.306 e.